The minimum absolute atomic E-state index is 0.00772. The monoisotopic (exact) mass is 379 g/mol. The SMILES string of the molecule is COc1cc(OC)cc(N2C(=N)C(c3nc4ccccc4[nH]3)=C(O)C2CN)c1. The number of nitrogens with one attached hydrogen (secondary N) is 2. The number of aromatic amines is 1. The number of methoxy groups -OCH3 is 2. The number of hydrogen-bond acceptors (Lipinski definition) is 6. The number of benzene rings is 2. The Bertz CT molecular complexity index is 1030. The van der Waals surface area contributed by atoms with Crippen molar-refractivity contribution < 1.29 is 14.6 Å². The molecule has 1 aromatic heterocycles. The summed E-state index contributed by atoms with van der Waals surface area (Å²) in [5, 5.41) is 19.6. The lowest BCUT2D eigenvalue weighted by atomic mass is 10.2. The zero-order valence-electron chi connectivity index (χ0n) is 15.6. The van der Waals surface area contributed by atoms with Crippen LogP contribution in [-0.4, -0.2) is 47.7 Å². The molecule has 5 N–H and O–H groups in total. The van der Waals surface area contributed by atoms with Gasteiger partial charge in [0.15, 0.2) is 0 Å². The van der Waals surface area contributed by atoms with E-state index >= 15 is 0 Å². The zero-order chi connectivity index (χ0) is 19.8. The van der Waals surface area contributed by atoms with Gasteiger partial charge in [-0.05, 0) is 12.1 Å². The number of aromatic nitrogens is 2. The van der Waals surface area contributed by atoms with Crippen molar-refractivity contribution in [3.63, 3.8) is 0 Å². The molecule has 0 amide bonds. The predicted molar refractivity (Wildman–Crippen MR) is 108 cm³/mol. The van der Waals surface area contributed by atoms with Crippen LogP contribution in [0.4, 0.5) is 5.69 Å². The van der Waals surface area contributed by atoms with Crippen LogP contribution in [0.1, 0.15) is 5.82 Å². The minimum atomic E-state index is -0.590. The van der Waals surface area contributed by atoms with Crippen LogP contribution in [0.15, 0.2) is 48.2 Å². The molecule has 1 aliphatic heterocycles. The Kier molecular flexibility index (Phi) is 4.40. The Morgan fingerprint density at radius 1 is 1.18 bits per heavy atom. The van der Waals surface area contributed by atoms with Crippen molar-refractivity contribution >= 4 is 28.1 Å². The van der Waals surface area contributed by atoms with Crippen molar-refractivity contribution in [1.29, 1.82) is 5.41 Å². The highest BCUT2D eigenvalue weighted by Gasteiger charge is 2.39. The second kappa shape index (κ2) is 6.90. The quantitative estimate of drug-likeness (QED) is 0.541. The summed E-state index contributed by atoms with van der Waals surface area (Å²) in [6.45, 7) is 0.122. The lowest BCUT2D eigenvalue weighted by molar-refractivity contribution is 0.377. The van der Waals surface area contributed by atoms with Gasteiger partial charge in [-0.3, -0.25) is 5.41 Å². The van der Waals surface area contributed by atoms with Gasteiger partial charge >= 0.3 is 0 Å². The van der Waals surface area contributed by atoms with E-state index in [-0.39, 0.29) is 18.1 Å². The zero-order valence-corrected chi connectivity index (χ0v) is 15.6. The molecule has 2 aromatic carbocycles. The fourth-order valence-electron chi connectivity index (χ4n) is 3.45. The third-order valence-electron chi connectivity index (χ3n) is 4.82. The molecule has 0 aliphatic carbocycles. The molecule has 4 rings (SSSR count). The van der Waals surface area contributed by atoms with Gasteiger partial charge in [-0.25, -0.2) is 4.98 Å². The maximum Gasteiger partial charge on any atom is 0.145 e. The number of rotatable bonds is 5. The number of nitrogens with zero attached hydrogens (tertiary/aromatic N) is 2. The summed E-state index contributed by atoms with van der Waals surface area (Å²) in [4.78, 5) is 9.36. The van der Waals surface area contributed by atoms with Crippen molar-refractivity contribution in [1.82, 2.24) is 9.97 Å². The maximum atomic E-state index is 10.9. The van der Waals surface area contributed by atoms with E-state index in [9.17, 15) is 5.11 Å². The standard InChI is InChI=1S/C20H21N5O3/c1-27-12-7-11(8-13(9-12)28-2)25-16(10-21)18(26)17(19(25)22)20-23-14-5-3-4-6-15(14)24-20/h3-9,16,22,26H,10,21H2,1-2H3,(H,23,24). The van der Waals surface area contributed by atoms with Crippen LogP contribution in [0.25, 0.3) is 16.6 Å². The molecule has 8 heteroatoms. The fraction of sp³-hybridized carbons (Fsp3) is 0.200. The number of para-hydroxylation sites is 2. The normalized spacial score (nSPS) is 16.9. The largest absolute Gasteiger partial charge is 0.509 e. The molecule has 1 atom stereocenters. The first-order chi connectivity index (χ1) is 13.6. The van der Waals surface area contributed by atoms with Gasteiger partial charge < -0.3 is 30.2 Å². The molecule has 0 radical (unpaired) electrons. The summed E-state index contributed by atoms with van der Waals surface area (Å²) in [7, 11) is 3.12. The fourth-order valence-corrected chi connectivity index (χ4v) is 3.45. The van der Waals surface area contributed by atoms with Crippen molar-refractivity contribution in [2.24, 2.45) is 5.73 Å². The summed E-state index contributed by atoms with van der Waals surface area (Å²) in [5.41, 5.74) is 8.50. The highest BCUT2D eigenvalue weighted by Crippen LogP contribution is 2.37. The van der Waals surface area contributed by atoms with Crippen LogP contribution in [0.3, 0.4) is 0 Å². The summed E-state index contributed by atoms with van der Waals surface area (Å²) in [6, 6.07) is 12.3. The molecule has 0 fully saturated rings. The first kappa shape index (κ1) is 17.9. The molecule has 1 aliphatic rings. The van der Waals surface area contributed by atoms with E-state index in [1.165, 1.54) is 0 Å². The van der Waals surface area contributed by atoms with Crippen molar-refractivity contribution in [2.75, 3.05) is 25.7 Å². The van der Waals surface area contributed by atoms with E-state index < -0.39 is 6.04 Å². The highest BCUT2D eigenvalue weighted by molar-refractivity contribution is 6.31. The van der Waals surface area contributed by atoms with Crippen LogP contribution in [0, 0.1) is 5.41 Å². The number of anilines is 1. The third-order valence-corrected chi connectivity index (χ3v) is 4.82. The lowest BCUT2D eigenvalue weighted by Crippen LogP contribution is -2.40. The predicted octanol–water partition coefficient (Wildman–Crippen LogP) is 2.67. The van der Waals surface area contributed by atoms with Gasteiger partial charge in [-0.2, -0.15) is 0 Å². The minimum Gasteiger partial charge on any atom is -0.509 e. The number of imidazole rings is 1. The third kappa shape index (κ3) is 2.74. The number of H-pyrrole nitrogens is 1. The molecule has 3 aromatic rings. The average Bonchev–Trinajstić information content (AvgIpc) is 3.24. The summed E-state index contributed by atoms with van der Waals surface area (Å²) >= 11 is 0. The number of hydrogen-bond donors (Lipinski definition) is 4. The molecule has 0 saturated heterocycles. The summed E-state index contributed by atoms with van der Waals surface area (Å²) in [6.07, 6.45) is 0. The van der Waals surface area contributed by atoms with E-state index in [2.05, 4.69) is 9.97 Å². The van der Waals surface area contributed by atoms with Gasteiger partial charge in [-0.1, -0.05) is 12.1 Å². The number of fused-ring (bicyclic) bond motifs is 1. The Labute approximate surface area is 161 Å². The Morgan fingerprint density at radius 2 is 1.86 bits per heavy atom. The van der Waals surface area contributed by atoms with Crippen molar-refractivity contribution in [2.45, 2.75) is 6.04 Å². The first-order valence-electron chi connectivity index (χ1n) is 8.77. The van der Waals surface area contributed by atoms with Gasteiger partial charge in [0.2, 0.25) is 0 Å². The summed E-state index contributed by atoms with van der Waals surface area (Å²) in [5.74, 6) is 1.69. The van der Waals surface area contributed by atoms with Crippen molar-refractivity contribution in [3.8, 4) is 11.5 Å². The van der Waals surface area contributed by atoms with Crippen LogP contribution in [0.5, 0.6) is 11.5 Å². The topological polar surface area (TPSA) is 120 Å². The summed E-state index contributed by atoms with van der Waals surface area (Å²) < 4.78 is 10.7. The van der Waals surface area contributed by atoms with E-state index in [4.69, 9.17) is 20.6 Å². The molecule has 8 nitrogen and oxygen atoms in total. The van der Waals surface area contributed by atoms with Crippen LogP contribution in [0.2, 0.25) is 0 Å². The van der Waals surface area contributed by atoms with Gasteiger partial charge in [0.1, 0.15) is 35.0 Å². The molecule has 2 heterocycles. The lowest BCUT2D eigenvalue weighted by Gasteiger charge is -2.26. The maximum absolute atomic E-state index is 10.9. The van der Waals surface area contributed by atoms with Gasteiger partial charge in [-0.15, -0.1) is 0 Å². The van der Waals surface area contributed by atoms with Crippen LogP contribution < -0.4 is 20.1 Å². The Balaban J connectivity index is 1.81. The van der Waals surface area contributed by atoms with Crippen LogP contribution in [-0.2, 0) is 0 Å². The van der Waals surface area contributed by atoms with E-state index in [0.29, 0.717) is 28.6 Å². The highest BCUT2D eigenvalue weighted by atomic mass is 16.5. The molecule has 1 unspecified atom stereocenters. The number of aliphatic hydroxyl groups excluding tert-OH is 1. The van der Waals surface area contributed by atoms with E-state index in [1.807, 2.05) is 24.3 Å². The molecular weight excluding hydrogens is 358 g/mol. The Morgan fingerprint density at radius 3 is 2.46 bits per heavy atom. The van der Waals surface area contributed by atoms with Crippen molar-refractivity contribution in [3.05, 3.63) is 54.0 Å². The molecule has 28 heavy (non-hydrogen) atoms. The number of nitrogens with two attached hydrogens (primary N) is 1. The average molecular weight is 379 g/mol. The number of aliphatic hydroxyl groups is 1. The number of amidine groups is 1. The Hall–Kier alpha value is -3.52. The molecule has 0 spiro atoms. The molecule has 144 valence electrons. The number of ether oxygens (including phenoxy) is 2. The van der Waals surface area contributed by atoms with E-state index in [1.54, 1.807) is 37.3 Å². The van der Waals surface area contributed by atoms with E-state index in [0.717, 1.165) is 11.0 Å². The second-order valence-electron chi connectivity index (χ2n) is 6.40. The first-order valence-corrected chi connectivity index (χ1v) is 8.77. The van der Waals surface area contributed by atoms with Crippen LogP contribution >= 0.6 is 0 Å². The van der Waals surface area contributed by atoms with Gasteiger partial charge in [0.05, 0.1) is 36.5 Å². The smallest absolute Gasteiger partial charge is 0.145 e. The molecule has 0 bridgehead atoms. The molecular formula is C20H21N5O3. The second-order valence-corrected chi connectivity index (χ2v) is 6.40. The molecule has 0 saturated carbocycles. The van der Waals surface area contributed by atoms with Gasteiger partial charge in [0, 0.05) is 24.7 Å². The van der Waals surface area contributed by atoms with Gasteiger partial charge in [0.25, 0.3) is 0 Å².